The second-order valence-electron chi connectivity index (χ2n) is 5.80. The van der Waals surface area contributed by atoms with Gasteiger partial charge in [-0.15, -0.1) is 12.4 Å². The van der Waals surface area contributed by atoms with Crippen LogP contribution in [0.4, 0.5) is 0 Å². The van der Waals surface area contributed by atoms with Gasteiger partial charge in [-0.3, -0.25) is 4.79 Å². The number of nitrogens with two attached hydrogens (primary N) is 1. The number of hydrogen-bond donors (Lipinski definition) is 2. The predicted octanol–water partition coefficient (Wildman–Crippen LogP) is 3.06. The van der Waals surface area contributed by atoms with E-state index >= 15 is 0 Å². The molecule has 0 unspecified atom stereocenters. The lowest BCUT2D eigenvalue weighted by Gasteiger charge is -2.28. The zero-order valence-electron chi connectivity index (χ0n) is 12.7. The fourth-order valence-corrected chi connectivity index (χ4v) is 3.33. The zero-order valence-corrected chi connectivity index (χ0v) is 15.1. The van der Waals surface area contributed by atoms with Gasteiger partial charge in [-0.1, -0.05) is 34.8 Å². The van der Waals surface area contributed by atoms with Gasteiger partial charge in [-0.2, -0.15) is 5.10 Å². The molecule has 0 aliphatic heterocycles. The quantitative estimate of drug-likeness (QED) is 0.830. The van der Waals surface area contributed by atoms with E-state index in [0.29, 0.717) is 12.1 Å². The molecule has 23 heavy (non-hydrogen) atoms. The molecule has 1 heterocycles. The molecule has 1 aliphatic rings. The minimum Gasteiger partial charge on any atom is -0.345 e. The Kier molecular flexibility index (Phi) is 5.84. The lowest BCUT2D eigenvalue weighted by molar-refractivity contribution is 0.0903. The Morgan fingerprint density at radius 1 is 1.39 bits per heavy atom. The Bertz CT molecular complexity index is 682. The van der Waals surface area contributed by atoms with E-state index in [1.807, 2.05) is 24.3 Å². The highest BCUT2D eigenvalue weighted by molar-refractivity contribution is 9.10. The number of benzene rings is 1. The second-order valence-corrected chi connectivity index (χ2v) is 6.71. The number of nitrogens with zero attached hydrogens (tertiary/aromatic N) is 2. The summed E-state index contributed by atoms with van der Waals surface area (Å²) < 4.78 is 2.67. The van der Waals surface area contributed by atoms with Crippen molar-refractivity contribution in [2.24, 2.45) is 5.73 Å². The van der Waals surface area contributed by atoms with Crippen LogP contribution in [-0.4, -0.2) is 27.8 Å². The molecule has 124 valence electrons. The molecular weight excluding hydrogens is 380 g/mol. The van der Waals surface area contributed by atoms with Gasteiger partial charge in [-0.25, -0.2) is 4.68 Å². The number of halogens is 2. The zero-order chi connectivity index (χ0) is 15.6. The summed E-state index contributed by atoms with van der Waals surface area (Å²) in [5, 5.41) is 7.38. The van der Waals surface area contributed by atoms with Crippen LogP contribution in [0.5, 0.6) is 0 Å². The number of rotatable bonds is 4. The monoisotopic (exact) mass is 398 g/mol. The molecule has 3 rings (SSSR count). The standard InChI is InChI=1S/C16H19BrN4O.ClH/c17-13-4-3-5-14(8-13)21-10-12(9-19-21)15(22)20-16(11-18)6-1-2-7-16;/h3-5,8-10H,1-2,6-7,11,18H2,(H,20,22);1H. The van der Waals surface area contributed by atoms with E-state index in [-0.39, 0.29) is 23.9 Å². The van der Waals surface area contributed by atoms with Crippen LogP contribution in [0.25, 0.3) is 5.69 Å². The molecule has 5 nitrogen and oxygen atoms in total. The summed E-state index contributed by atoms with van der Waals surface area (Å²) in [4.78, 5) is 12.4. The smallest absolute Gasteiger partial charge is 0.254 e. The van der Waals surface area contributed by atoms with E-state index in [2.05, 4.69) is 26.3 Å². The Hall–Kier alpha value is -1.37. The first-order chi connectivity index (χ1) is 10.6. The first kappa shape index (κ1) is 18.0. The highest BCUT2D eigenvalue weighted by atomic mass is 79.9. The minimum atomic E-state index is -0.241. The van der Waals surface area contributed by atoms with Crippen LogP contribution in [-0.2, 0) is 0 Å². The van der Waals surface area contributed by atoms with Crippen molar-refractivity contribution in [2.75, 3.05) is 6.54 Å². The highest BCUT2D eigenvalue weighted by Crippen LogP contribution is 2.29. The summed E-state index contributed by atoms with van der Waals surface area (Å²) in [5.41, 5.74) is 7.09. The van der Waals surface area contributed by atoms with Gasteiger partial charge in [0.25, 0.3) is 5.91 Å². The van der Waals surface area contributed by atoms with Crippen molar-refractivity contribution in [3.63, 3.8) is 0 Å². The third-order valence-electron chi connectivity index (χ3n) is 4.25. The average molecular weight is 400 g/mol. The van der Waals surface area contributed by atoms with Gasteiger partial charge in [-0.05, 0) is 31.0 Å². The summed E-state index contributed by atoms with van der Waals surface area (Å²) in [6.07, 6.45) is 7.49. The van der Waals surface area contributed by atoms with Crippen LogP contribution in [0.15, 0.2) is 41.1 Å². The van der Waals surface area contributed by atoms with Crippen molar-refractivity contribution in [3.8, 4) is 5.69 Å². The van der Waals surface area contributed by atoms with Gasteiger partial charge >= 0.3 is 0 Å². The van der Waals surface area contributed by atoms with Crippen LogP contribution in [0.3, 0.4) is 0 Å². The van der Waals surface area contributed by atoms with Crippen LogP contribution in [0, 0.1) is 0 Å². The van der Waals surface area contributed by atoms with E-state index in [9.17, 15) is 4.79 Å². The second kappa shape index (κ2) is 7.47. The number of carbonyl (C=O) groups is 1. The lowest BCUT2D eigenvalue weighted by Crippen LogP contribution is -2.51. The normalized spacial score (nSPS) is 15.9. The van der Waals surface area contributed by atoms with E-state index in [1.165, 1.54) is 0 Å². The topological polar surface area (TPSA) is 72.9 Å². The molecular formula is C16H20BrClN4O. The van der Waals surface area contributed by atoms with E-state index in [4.69, 9.17) is 5.73 Å². The van der Waals surface area contributed by atoms with Crippen LogP contribution in [0.2, 0.25) is 0 Å². The van der Waals surface area contributed by atoms with Crippen molar-refractivity contribution in [2.45, 2.75) is 31.2 Å². The SMILES string of the molecule is Cl.NCC1(NC(=O)c2cnn(-c3cccc(Br)c3)c2)CCCC1. The highest BCUT2D eigenvalue weighted by Gasteiger charge is 2.34. The number of amides is 1. The first-order valence-corrected chi connectivity index (χ1v) is 8.24. The molecule has 1 saturated carbocycles. The van der Waals surface area contributed by atoms with Gasteiger partial charge in [0, 0.05) is 17.2 Å². The molecule has 3 N–H and O–H groups in total. The Morgan fingerprint density at radius 3 is 2.78 bits per heavy atom. The fraction of sp³-hybridized carbons (Fsp3) is 0.375. The molecule has 0 saturated heterocycles. The summed E-state index contributed by atoms with van der Waals surface area (Å²) in [5.74, 6) is -0.103. The van der Waals surface area contributed by atoms with Gasteiger partial charge in [0.05, 0.1) is 23.0 Å². The van der Waals surface area contributed by atoms with Gasteiger partial charge in [0.2, 0.25) is 0 Å². The Labute approximate surface area is 150 Å². The Balaban J connectivity index is 0.00000192. The van der Waals surface area contributed by atoms with Crippen molar-refractivity contribution < 1.29 is 4.79 Å². The van der Waals surface area contributed by atoms with E-state index < -0.39 is 0 Å². The van der Waals surface area contributed by atoms with Crippen molar-refractivity contribution in [1.29, 1.82) is 0 Å². The molecule has 1 aromatic heterocycles. The number of carbonyl (C=O) groups excluding carboxylic acids is 1. The predicted molar refractivity (Wildman–Crippen MR) is 96.2 cm³/mol. The molecule has 0 radical (unpaired) electrons. The third-order valence-corrected chi connectivity index (χ3v) is 4.74. The summed E-state index contributed by atoms with van der Waals surface area (Å²) in [7, 11) is 0. The summed E-state index contributed by atoms with van der Waals surface area (Å²) >= 11 is 3.44. The largest absolute Gasteiger partial charge is 0.345 e. The summed E-state index contributed by atoms with van der Waals surface area (Å²) in [6.45, 7) is 0.485. The molecule has 1 aliphatic carbocycles. The molecule has 2 aromatic rings. The minimum absolute atomic E-state index is 0. The van der Waals surface area contributed by atoms with Gasteiger partial charge < -0.3 is 11.1 Å². The molecule has 1 amide bonds. The fourth-order valence-electron chi connectivity index (χ4n) is 2.94. The maximum absolute atomic E-state index is 12.4. The van der Waals surface area contributed by atoms with E-state index in [0.717, 1.165) is 35.8 Å². The third kappa shape index (κ3) is 3.94. The Morgan fingerprint density at radius 2 is 2.13 bits per heavy atom. The molecule has 1 aromatic carbocycles. The van der Waals surface area contributed by atoms with E-state index in [1.54, 1.807) is 17.1 Å². The molecule has 0 atom stereocenters. The van der Waals surface area contributed by atoms with Crippen LogP contribution in [0.1, 0.15) is 36.0 Å². The lowest BCUT2D eigenvalue weighted by atomic mass is 9.97. The van der Waals surface area contributed by atoms with Gasteiger partial charge in [0.15, 0.2) is 0 Å². The van der Waals surface area contributed by atoms with Crippen molar-refractivity contribution >= 4 is 34.2 Å². The number of aromatic nitrogens is 2. The maximum Gasteiger partial charge on any atom is 0.254 e. The molecule has 7 heteroatoms. The van der Waals surface area contributed by atoms with Crippen molar-refractivity contribution in [1.82, 2.24) is 15.1 Å². The number of hydrogen-bond acceptors (Lipinski definition) is 3. The molecule has 1 fully saturated rings. The van der Waals surface area contributed by atoms with Crippen LogP contribution >= 0.6 is 28.3 Å². The average Bonchev–Trinajstić information content (AvgIpc) is 3.17. The van der Waals surface area contributed by atoms with Gasteiger partial charge in [0.1, 0.15) is 0 Å². The first-order valence-electron chi connectivity index (χ1n) is 7.45. The van der Waals surface area contributed by atoms with Crippen molar-refractivity contribution in [3.05, 3.63) is 46.7 Å². The molecule has 0 bridgehead atoms. The molecule has 0 spiro atoms. The maximum atomic E-state index is 12.4. The van der Waals surface area contributed by atoms with Crippen LogP contribution < -0.4 is 11.1 Å². The number of nitrogens with one attached hydrogen (secondary N) is 1. The summed E-state index contributed by atoms with van der Waals surface area (Å²) in [6, 6.07) is 7.78.